The maximum atomic E-state index is 14.0. The molecule has 8 heteroatoms. The topological polar surface area (TPSA) is 62.3 Å². The number of hydrogen-bond acceptors (Lipinski definition) is 5. The van der Waals surface area contributed by atoms with E-state index < -0.39 is 0 Å². The Kier molecular flexibility index (Phi) is 9.45. The highest BCUT2D eigenvalue weighted by molar-refractivity contribution is 5.85. The highest BCUT2D eigenvalue weighted by Crippen LogP contribution is 2.42. The highest BCUT2D eigenvalue weighted by Gasteiger charge is 2.46. The van der Waals surface area contributed by atoms with Crippen molar-refractivity contribution in [2.24, 2.45) is 11.3 Å². The summed E-state index contributed by atoms with van der Waals surface area (Å²) in [6.07, 6.45) is 7.25. The first kappa shape index (κ1) is 29.7. The van der Waals surface area contributed by atoms with Gasteiger partial charge in [0.2, 0.25) is 5.91 Å². The van der Waals surface area contributed by atoms with E-state index in [1.165, 1.54) is 12.0 Å². The minimum Gasteiger partial charge on any atom is -0.497 e. The second-order valence-electron chi connectivity index (χ2n) is 12.5. The van der Waals surface area contributed by atoms with Crippen LogP contribution in [-0.2, 0) is 16.1 Å². The van der Waals surface area contributed by atoms with Crippen molar-refractivity contribution in [3.05, 3.63) is 65.7 Å². The van der Waals surface area contributed by atoms with Crippen molar-refractivity contribution >= 4 is 24.4 Å². The molecule has 1 saturated carbocycles. The lowest BCUT2D eigenvalue weighted by atomic mass is 9.77. The van der Waals surface area contributed by atoms with Crippen LogP contribution in [0.3, 0.4) is 0 Å². The molecule has 4 fully saturated rings. The molecule has 7 nitrogen and oxygen atoms in total. The van der Waals surface area contributed by atoms with Crippen LogP contribution < -0.4 is 4.74 Å². The zero-order valence-corrected chi connectivity index (χ0v) is 25.0. The lowest BCUT2D eigenvalue weighted by molar-refractivity contribution is -0.137. The Bertz CT molecular complexity index is 1160. The minimum absolute atomic E-state index is 0. The van der Waals surface area contributed by atoms with Crippen LogP contribution in [0, 0.1) is 11.3 Å². The minimum atomic E-state index is -0.247. The number of likely N-dealkylation sites (tertiary alicyclic amines) is 3. The van der Waals surface area contributed by atoms with Crippen LogP contribution in [0.25, 0.3) is 0 Å². The third-order valence-corrected chi connectivity index (χ3v) is 9.91. The van der Waals surface area contributed by atoms with Crippen molar-refractivity contribution < 1.29 is 19.1 Å². The summed E-state index contributed by atoms with van der Waals surface area (Å²) in [7, 11) is 1.70. The average Bonchev–Trinajstić information content (AvgIpc) is 3.75. The van der Waals surface area contributed by atoms with E-state index in [2.05, 4.69) is 34.1 Å². The number of hydrogen-bond donors (Lipinski definition) is 0. The Morgan fingerprint density at radius 3 is 2.24 bits per heavy atom. The van der Waals surface area contributed by atoms with Gasteiger partial charge in [0.1, 0.15) is 11.9 Å². The summed E-state index contributed by atoms with van der Waals surface area (Å²) in [4.78, 5) is 33.5. The molecule has 0 radical (unpaired) electrons. The first-order chi connectivity index (χ1) is 19.5. The number of rotatable bonds is 6. The maximum Gasteiger partial charge on any atom is 0.410 e. The van der Waals surface area contributed by atoms with Crippen LogP contribution in [-0.4, -0.2) is 79.2 Å². The third kappa shape index (κ3) is 6.67. The molecule has 1 aliphatic carbocycles. The number of nitrogens with zero attached hydrogens (tertiary/aromatic N) is 3. The number of halogens is 1. The van der Waals surface area contributed by atoms with Gasteiger partial charge in [-0.2, -0.15) is 0 Å². The molecular weight excluding hydrogens is 538 g/mol. The van der Waals surface area contributed by atoms with Gasteiger partial charge in [0, 0.05) is 45.2 Å². The number of carbonyl (C=O) groups is 2. The largest absolute Gasteiger partial charge is 0.497 e. The van der Waals surface area contributed by atoms with Crippen molar-refractivity contribution in [3.63, 3.8) is 0 Å². The van der Waals surface area contributed by atoms with Crippen molar-refractivity contribution in [1.29, 1.82) is 0 Å². The van der Waals surface area contributed by atoms with Crippen LogP contribution in [0.5, 0.6) is 5.75 Å². The molecule has 6 rings (SSSR count). The number of ether oxygens (including phenoxy) is 2. The van der Waals surface area contributed by atoms with Gasteiger partial charge in [0.15, 0.2) is 0 Å². The van der Waals surface area contributed by atoms with Crippen molar-refractivity contribution in [2.75, 3.05) is 46.4 Å². The molecule has 2 aromatic carbocycles. The van der Waals surface area contributed by atoms with E-state index in [-0.39, 0.29) is 42.3 Å². The SMILES string of the molecule is COc1ccc(CN2CCC3(CCN(C(=O)[C@@H]4CN(C(=O)OC5CCCC5)C[C@@H]4c4ccccc4)CC3)C2)cc1.Cl. The summed E-state index contributed by atoms with van der Waals surface area (Å²) in [5, 5.41) is 0. The summed E-state index contributed by atoms with van der Waals surface area (Å²) in [6, 6.07) is 18.6. The Hall–Kier alpha value is -2.77. The third-order valence-electron chi connectivity index (χ3n) is 9.91. The van der Waals surface area contributed by atoms with Gasteiger partial charge in [0.05, 0.1) is 13.0 Å². The summed E-state index contributed by atoms with van der Waals surface area (Å²) >= 11 is 0. The maximum absolute atomic E-state index is 14.0. The van der Waals surface area contributed by atoms with Gasteiger partial charge in [-0.15, -0.1) is 12.4 Å². The smallest absolute Gasteiger partial charge is 0.410 e. The Labute approximate surface area is 250 Å². The number of piperidine rings is 1. The molecule has 3 aliphatic heterocycles. The highest BCUT2D eigenvalue weighted by atomic mass is 35.5. The molecule has 2 aromatic rings. The first-order valence-corrected chi connectivity index (χ1v) is 15.2. The zero-order valence-electron chi connectivity index (χ0n) is 24.2. The van der Waals surface area contributed by atoms with Crippen LogP contribution >= 0.6 is 12.4 Å². The summed E-state index contributed by atoms with van der Waals surface area (Å²) in [5.41, 5.74) is 2.75. The van der Waals surface area contributed by atoms with Crippen molar-refractivity contribution in [3.8, 4) is 5.75 Å². The quantitative estimate of drug-likeness (QED) is 0.436. The molecule has 3 heterocycles. The van der Waals surface area contributed by atoms with E-state index in [9.17, 15) is 9.59 Å². The van der Waals surface area contributed by atoms with Gasteiger partial charge in [-0.25, -0.2) is 4.79 Å². The molecule has 2 amide bonds. The van der Waals surface area contributed by atoms with Gasteiger partial charge in [0.25, 0.3) is 0 Å². The monoisotopic (exact) mass is 581 g/mol. The van der Waals surface area contributed by atoms with Gasteiger partial charge in [-0.3, -0.25) is 9.69 Å². The molecule has 0 N–H and O–H groups in total. The molecule has 3 saturated heterocycles. The molecule has 0 aromatic heterocycles. The standard InChI is InChI=1S/C33H43N3O4.ClH/c1-39-27-13-11-25(12-14-27)21-34-18-15-33(24-34)16-19-35(20-17-33)31(37)30-23-36(32(38)40-28-9-5-6-10-28)22-29(30)26-7-3-2-4-8-26;/h2-4,7-8,11-14,28-30H,5-6,9-10,15-24H2,1H3;1H/t29-,30-;/m1./s1. The molecular formula is C33H44ClN3O4. The van der Waals surface area contributed by atoms with Crippen LogP contribution in [0.1, 0.15) is 62.0 Å². The number of methoxy groups -OCH3 is 1. The molecule has 41 heavy (non-hydrogen) atoms. The summed E-state index contributed by atoms with van der Waals surface area (Å²) in [5.74, 6) is 0.882. The fraction of sp³-hybridized carbons (Fsp3) is 0.576. The van der Waals surface area contributed by atoms with Crippen LogP contribution in [0.2, 0.25) is 0 Å². The molecule has 0 bridgehead atoms. The normalized spacial score (nSPS) is 24.4. The van der Waals surface area contributed by atoms with E-state index in [0.29, 0.717) is 18.5 Å². The van der Waals surface area contributed by atoms with E-state index in [1.807, 2.05) is 30.3 Å². The lowest BCUT2D eigenvalue weighted by Gasteiger charge is -2.40. The van der Waals surface area contributed by atoms with Crippen LogP contribution in [0.15, 0.2) is 54.6 Å². The second-order valence-corrected chi connectivity index (χ2v) is 12.5. The fourth-order valence-corrected chi connectivity index (χ4v) is 7.46. The molecule has 222 valence electrons. The fourth-order valence-electron chi connectivity index (χ4n) is 7.46. The van der Waals surface area contributed by atoms with Gasteiger partial charge in [-0.05, 0) is 80.2 Å². The van der Waals surface area contributed by atoms with Gasteiger partial charge < -0.3 is 19.3 Å². The van der Waals surface area contributed by atoms with E-state index in [1.54, 1.807) is 12.0 Å². The molecule has 4 aliphatic rings. The number of carbonyl (C=O) groups excluding carboxylic acids is 2. The predicted octanol–water partition coefficient (Wildman–Crippen LogP) is 5.73. The van der Waals surface area contributed by atoms with Gasteiger partial charge in [-0.1, -0.05) is 42.5 Å². The lowest BCUT2D eigenvalue weighted by Crippen LogP contribution is -2.47. The van der Waals surface area contributed by atoms with E-state index in [4.69, 9.17) is 9.47 Å². The van der Waals surface area contributed by atoms with Gasteiger partial charge >= 0.3 is 6.09 Å². The van der Waals surface area contributed by atoms with Crippen molar-refractivity contribution in [1.82, 2.24) is 14.7 Å². The molecule has 1 spiro atoms. The Morgan fingerprint density at radius 2 is 1.56 bits per heavy atom. The zero-order chi connectivity index (χ0) is 27.5. The van der Waals surface area contributed by atoms with E-state index >= 15 is 0 Å². The number of amides is 2. The summed E-state index contributed by atoms with van der Waals surface area (Å²) < 4.78 is 11.1. The first-order valence-electron chi connectivity index (χ1n) is 15.2. The van der Waals surface area contributed by atoms with Crippen molar-refractivity contribution in [2.45, 2.75) is 63.5 Å². The summed E-state index contributed by atoms with van der Waals surface area (Å²) in [6.45, 7) is 5.77. The Balaban J connectivity index is 0.00000337. The van der Waals surface area contributed by atoms with E-state index in [0.717, 1.165) is 82.6 Å². The second kappa shape index (κ2) is 13.0. The Morgan fingerprint density at radius 1 is 0.878 bits per heavy atom. The molecule has 2 atom stereocenters. The average molecular weight is 582 g/mol. The predicted molar refractivity (Wildman–Crippen MR) is 161 cm³/mol. The molecule has 0 unspecified atom stereocenters. The van der Waals surface area contributed by atoms with Crippen LogP contribution in [0.4, 0.5) is 4.79 Å². The number of benzene rings is 2.